The first-order valence-electron chi connectivity index (χ1n) is 10.1. The maximum absolute atomic E-state index is 6.00. The Hall–Kier alpha value is -2.17. The van der Waals surface area contributed by atoms with Gasteiger partial charge in [0.1, 0.15) is 5.82 Å². The van der Waals surface area contributed by atoms with Gasteiger partial charge in [0.25, 0.3) is 0 Å². The van der Waals surface area contributed by atoms with E-state index in [2.05, 4.69) is 57.9 Å². The van der Waals surface area contributed by atoms with Crippen LogP contribution < -0.4 is 0 Å². The van der Waals surface area contributed by atoms with Crippen LogP contribution in [0.15, 0.2) is 54.9 Å². The maximum atomic E-state index is 6.00. The van der Waals surface area contributed by atoms with E-state index in [0.29, 0.717) is 5.92 Å². The average molecular weight is 395 g/mol. The molecule has 0 aliphatic carbocycles. The monoisotopic (exact) mass is 394 g/mol. The molecule has 1 aliphatic rings. The molecule has 0 bridgehead atoms. The normalized spacial score (nSPS) is 17.7. The molecule has 0 saturated carbocycles. The second-order valence-corrected chi connectivity index (χ2v) is 8.00. The summed E-state index contributed by atoms with van der Waals surface area (Å²) in [4.78, 5) is 12.1. The van der Waals surface area contributed by atoms with E-state index >= 15 is 0 Å². The van der Waals surface area contributed by atoms with Gasteiger partial charge in [0.15, 0.2) is 0 Å². The van der Waals surface area contributed by atoms with E-state index in [1.807, 2.05) is 18.3 Å². The second-order valence-electron chi connectivity index (χ2n) is 7.56. The van der Waals surface area contributed by atoms with Crippen LogP contribution in [-0.2, 0) is 19.5 Å². The number of benzene rings is 1. The smallest absolute Gasteiger partial charge is 0.122 e. The molecule has 4 rings (SSSR count). The highest BCUT2D eigenvalue weighted by Gasteiger charge is 2.23. The molecule has 1 fully saturated rings. The third-order valence-corrected chi connectivity index (χ3v) is 5.81. The lowest BCUT2D eigenvalue weighted by Crippen LogP contribution is -2.35. The van der Waals surface area contributed by atoms with Crippen LogP contribution in [0.5, 0.6) is 0 Å². The Bertz CT molecular complexity index is 903. The summed E-state index contributed by atoms with van der Waals surface area (Å²) >= 11 is 6.00. The van der Waals surface area contributed by atoms with E-state index in [1.165, 1.54) is 24.1 Å². The molecular weight excluding hydrogens is 368 g/mol. The van der Waals surface area contributed by atoms with Crippen molar-refractivity contribution in [1.82, 2.24) is 19.4 Å². The van der Waals surface area contributed by atoms with Crippen molar-refractivity contribution < 1.29 is 0 Å². The SMILES string of the molecule is CCn1ccnc1CN1CCCC(c2cccc(Cc3ccc(Cl)cc3)n2)C1. The molecule has 28 heavy (non-hydrogen) atoms. The van der Waals surface area contributed by atoms with Gasteiger partial charge in [0.2, 0.25) is 0 Å². The predicted molar refractivity (Wildman–Crippen MR) is 114 cm³/mol. The van der Waals surface area contributed by atoms with Gasteiger partial charge in [0.05, 0.1) is 6.54 Å². The van der Waals surface area contributed by atoms with Gasteiger partial charge in [-0.25, -0.2) is 4.98 Å². The molecule has 1 saturated heterocycles. The van der Waals surface area contributed by atoms with Crippen molar-refractivity contribution in [2.75, 3.05) is 13.1 Å². The van der Waals surface area contributed by atoms with Gasteiger partial charge >= 0.3 is 0 Å². The Labute approximate surface area is 172 Å². The first-order valence-corrected chi connectivity index (χ1v) is 10.5. The van der Waals surface area contributed by atoms with Gasteiger partial charge in [-0.1, -0.05) is 29.8 Å². The molecule has 1 aromatic carbocycles. The number of hydrogen-bond acceptors (Lipinski definition) is 3. The van der Waals surface area contributed by atoms with Gasteiger partial charge in [-0.05, 0) is 56.1 Å². The minimum atomic E-state index is 0.490. The van der Waals surface area contributed by atoms with Crippen LogP contribution in [0.3, 0.4) is 0 Å². The van der Waals surface area contributed by atoms with Crippen molar-refractivity contribution in [2.24, 2.45) is 0 Å². The molecule has 146 valence electrons. The average Bonchev–Trinajstić information content (AvgIpc) is 3.17. The molecule has 0 spiro atoms. The van der Waals surface area contributed by atoms with Crippen molar-refractivity contribution in [2.45, 2.75) is 45.2 Å². The number of imidazole rings is 1. The number of nitrogens with zero attached hydrogens (tertiary/aromatic N) is 4. The number of piperidine rings is 1. The lowest BCUT2D eigenvalue weighted by Gasteiger charge is -2.32. The molecule has 0 N–H and O–H groups in total. The first kappa shape index (κ1) is 19.2. The number of hydrogen-bond donors (Lipinski definition) is 0. The Morgan fingerprint density at radius 3 is 2.82 bits per heavy atom. The largest absolute Gasteiger partial charge is 0.334 e. The van der Waals surface area contributed by atoms with Crippen molar-refractivity contribution in [1.29, 1.82) is 0 Å². The van der Waals surface area contributed by atoms with Crippen LogP contribution in [0.2, 0.25) is 5.02 Å². The molecule has 3 aromatic rings. The fourth-order valence-corrected chi connectivity index (χ4v) is 4.18. The van der Waals surface area contributed by atoms with E-state index in [1.54, 1.807) is 0 Å². The van der Waals surface area contributed by atoms with Crippen molar-refractivity contribution in [3.05, 3.63) is 82.7 Å². The quantitative estimate of drug-likeness (QED) is 0.595. The summed E-state index contributed by atoms with van der Waals surface area (Å²) in [6.45, 7) is 6.24. The van der Waals surface area contributed by atoms with Crippen molar-refractivity contribution in [3.63, 3.8) is 0 Å². The molecule has 1 aliphatic heterocycles. The summed E-state index contributed by atoms with van der Waals surface area (Å²) in [5.74, 6) is 1.65. The van der Waals surface area contributed by atoms with E-state index in [4.69, 9.17) is 16.6 Å². The summed E-state index contributed by atoms with van der Waals surface area (Å²) in [5.41, 5.74) is 3.58. The summed E-state index contributed by atoms with van der Waals surface area (Å²) < 4.78 is 2.23. The fraction of sp³-hybridized carbons (Fsp3) is 0.391. The lowest BCUT2D eigenvalue weighted by molar-refractivity contribution is 0.192. The Kier molecular flexibility index (Phi) is 6.08. The van der Waals surface area contributed by atoms with Crippen LogP contribution in [0.1, 0.15) is 48.5 Å². The van der Waals surface area contributed by atoms with Gasteiger partial charge in [-0.2, -0.15) is 0 Å². The number of aromatic nitrogens is 3. The molecule has 5 heteroatoms. The summed E-state index contributed by atoms with van der Waals surface area (Å²) in [6.07, 6.45) is 7.23. The van der Waals surface area contributed by atoms with Gasteiger partial charge < -0.3 is 4.57 Å². The van der Waals surface area contributed by atoms with Crippen LogP contribution in [0, 0.1) is 0 Å². The Morgan fingerprint density at radius 1 is 1.14 bits per heavy atom. The highest BCUT2D eigenvalue weighted by molar-refractivity contribution is 6.30. The third-order valence-electron chi connectivity index (χ3n) is 5.56. The topological polar surface area (TPSA) is 34.0 Å². The standard InChI is InChI=1S/C23H27ClN4/c1-2-28-14-12-25-23(28)17-27-13-4-5-19(16-27)22-7-3-6-21(26-22)15-18-8-10-20(24)11-9-18/h3,6-12,14,19H,2,4-5,13,15-17H2,1H3. The molecule has 3 heterocycles. The highest BCUT2D eigenvalue weighted by Crippen LogP contribution is 2.27. The van der Waals surface area contributed by atoms with Gasteiger partial charge in [-0.3, -0.25) is 9.88 Å². The van der Waals surface area contributed by atoms with Crippen LogP contribution in [0.4, 0.5) is 0 Å². The lowest BCUT2D eigenvalue weighted by atomic mass is 9.94. The summed E-state index contributed by atoms with van der Waals surface area (Å²) in [5, 5.41) is 0.775. The van der Waals surface area contributed by atoms with Crippen LogP contribution >= 0.6 is 11.6 Å². The molecule has 4 nitrogen and oxygen atoms in total. The number of likely N-dealkylation sites (tertiary alicyclic amines) is 1. The summed E-state index contributed by atoms with van der Waals surface area (Å²) in [7, 11) is 0. The van der Waals surface area contributed by atoms with Gasteiger partial charge in [0, 0.05) is 54.2 Å². The maximum Gasteiger partial charge on any atom is 0.122 e. The third kappa shape index (κ3) is 4.62. The number of halogens is 1. The van der Waals surface area contributed by atoms with E-state index in [9.17, 15) is 0 Å². The van der Waals surface area contributed by atoms with Crippen LogP contribution in [0.25, 0.3) is 0 Å². The minimum Gasteiger partial charge on any atom is -0.334 e. The number of pyridine rings is 1. The van der Waals surface area contributed by atoms with E-state index < -0.39 is 0 Å². The molecule has 0 radical (unpaired) electrons. The molecule has 1 atom stereocenters. The highest BCUT2D eigenvalue weighted by atomic mass is 35.5. The molecular formula is C23H27ClN4. The second kappa shape index (κ2) is 8.89. The predicted octanol–water partition coefficient (Wildman–Crippen LogP) is 4.92. The number of aryl methyl sites for hydroxylation is 1. The Morgan fingerprint density at radius 2 is 2.00 bits per heavy atom. The van der Waals surface area contributed by atoms with E-state index in [-0.39, 0.29) is 0 Å². The zero-order valence-corrected chi connectivity index (χ0v) is 17.1. The summed E-state index contributed by atoms with van der Waals surface area (Å²) in [6, 6.07) is 14.5. The van der Waals surface area contributed by atoms with Gasteiger partial charge in [-0.15, -0.1) is 0 Å². The zero-order valence-electron chi connectivity index (χ0n) is 16.4. The Balaban J connectivity index is 1.44. The molecule has 1 unspecified atom stereocenters. The minimum absolute atomic E-state index is 0.490. The van der Waals surface area contributed by atoms with Crippen molar-refractivity contribution >= 4 is 11.6 Å². The molecule has 2 aromatic heterocycles. The van der Waals surface area contributed by atoms with Crippen LogP contribution in [-0.4, -0.2) is 32.5 Å². The van der Waals surface area contributed by atoms with E-state index in [0.717, 1.165) is 49.1 Å². The van der Waals surface area contributed by atoms with Crippen molar-refractivity contribution in [3.8, 4) is 0 Å². The first-order chi connectivity index (χ1) is 13.7. The zero-order chi connectivity index (χ0) is 19.3. The molecule has 0 amide bonds. The fourth-order valence-electron chi connectivity index (χ4n) is 4.06. The number of rotatable bonds is 6.